The number of anilines is 1. The van der Waals surface area contributed by atoms with Gasteiger partial charge in [-0.05, 0) is 35.9 Å². The first-order chi connectivity index (χ1) is 10.2. The monoisotopic (exact) mass is 280 g/mol. The summed E-state index contributed by atoms with van der Waals surface area (Å²) in [5.41, 5.74) is 9.51. The van der Waals surface area contributed by atoms with Crippen LogP contribution in [-0.4, -0.2) is 19.2 Å². The minimum absolute atomic E-state index is 0.704. The number of nitrogens with zero attached hydrogens (tertiary/aromatic N) is 1. The molecular formula is C17H16N2O2. The highest BCUT2D eigenvalue weighted by Gasteiger charge is 2.13. The van der Waals surface area contributed by atoms with E-state index in [2.05, 4.69) is 4.98 Å². The van der Waals surface area contributed by atoms with Gasteiger partial charge in [0.05, 0.1) is 25.3 Å². The molecule has 0 aliphatic heterocycles. The van der Waals surface area contributed by atoms with Crippen LogP contribution in [0.5, 0.6) is 11.5 Å². The van der Waals surface area contributed by atoms with Crippen LogP contribution in [0.25, 0.3) is 22.0 Å². The lowest BCUT2D eigenvalue weighted by Gasteiger charge is -2.14. The summed E-state index contributed by atoms with van der Waals surface area (Å²) in [7, 11) is 3.30. The van der Waals surface area contributed by atoms with E-state index >= 15 is 0 Å². The second kappa shape index (κ2) is 5.32. The third-order valence-corrected chi connectivity index (χ3v) is 3.49. The van der Waals surface area contributed by atoms with Crippen LogP contribution in [0.4, 0.5) is 5.69 Å². The molecule has 0 unspecified atom stereocenters. The van der Waals surface area contributed by atoms with Gasteiger partial charge in [0.15, 0.2) is 0 Å². The van der Waals surface area contributed by atoms with Gasteiger partial charge in [0, 0.05) is 17.3 Å². The van der Waals surface area contributed by atoms with Crippen molar-refractivity contribution in [3.63, 3.8) is 0 Å². The molecule has 0 amide bonds. The lowest BCUT2D eigenvalue weighted by Crippen LogP contribution is -1.94. The molecule has 0 fully saturated rings. The summed E-state index contributed by atoms with van der Waals surface area (Å²) in [4.78, 5) is 4.32. The topological polar surface area (TPSA) is 57.4 Å². The lowest BCUT2D eigenvalue weighted by molar-refractivity contribution is 0.397. The fourth-order valence-electron chi connectivity index (χ4n) is 2.46. The second-order valence-corrected chi connectivity index (χ2v) is 4.67. The summed E-state index contributed by atoms with van der Waals surface area (Å²) in [6, 6.07) is 13.5. The average Bonchev–Trinajstić information content (AvgIpc) is 2.54. The molecule has 0 saturated heterocycles. The molecular weight excluding hydrogens is 264 g/mol. The molecule has 0 aliphatic carbocycles. The van der Waals surface area contributed by atoms with Crippen molar-refractivity contribution in [2.75, 3.05) is 20.0 Å². The first-order valence-corrected chi connectivity index (χ1v) is 6.60. The van der Waals surface area contributed by atoms with E-state index in [0.29, 0.717) is 5.69 Å². The van der Waals surface area contributed by atoms with E-state index < -0.39 is 0 Å². The molecule has 21 heavy (non-hydrogen) atoms. The fraction of sp³-hybridized carbons (Fsp3) is 0.118. The Bertz CT molecular complexity index is 778. The number of benzene rings is 2. The van der Waals surface area contributed by atoms with Crippen molar-refractivity contribution in [3.8, 4) is 22.6 Å². The number of fused-ring (bicyclic) bond motifs is 1. The summed E-state index contributed by atoms with van der Waals surface area (Å²) in [6.07, 6.45) is 1.71. The van der Waals surface area contributed by atoms with Gasteiger partial charge in [0.2, 0.25) is 0 Å². The Morgan fingerprint density at radius 3 is 2.33 bits per heavy atom. The maximum atomic E-state index is 6.04. The van der Waals surface area contributed by atoms with Crippen molar-refractivity contribution in [2.24, 2.45) is 0 Å². The summed E-state index contributed by atoms with van der Waals surface area (Å²) in [5, 5.41) is 0.919. The normalized spacial score (nSPS) is 10.6. The number of pyridine rings is 1. The predicted octanol–water partition coefficient (Wildman–Crippen LogP) is 3.50. The first-order valence-electron chi connectivity index (χ1n) is 6.60. The number of nitrogen functional groups attached to an aromatic ring is 1. The van der Waals surface area contributed by atoms with E-state index in [4.69, 9.17) is 15.2 Å². The van der Waals surface area contributed by atoms with Gasteiger partial charge in [0.1, 0.15) is 11.5 Å². The number of ether oxygens (including phenoxy) is 2. The Hall–Kier alpha value is -2.75. The minimum Gasteiger partial charge on any atom is -0.496 e. The summed E-state index contributed by atoms with van der Waals surface area (Å²) >= 11 is 0. The molecule has 0 aliphatic rings. The first kappa shape index (κ1) is 13.2. The minimum atomic E-state index is 0.704. The molecule has 0 atom stereocenters. The van der Waals surface area contributed by atoms with Gasteiger partial charge in [-0.2, -0.15) is 0 Å². The number of rotatable bonds is 3. The van der Waals surface area contributed by atoms with Crippen LogP contribution in [0, 0.1) is 0 Å². The highest BCUT2D eigenvalue weighted by molar-refractivity contribution is 5.94. The molecule has 1 aromatic heterocycles. The average molecular weight is 280 g/mol. The van der Waals surface area contributed by atoms with Crippen LogP contribution in [0.1, 0.15) is 0 Å². The highest BCUT2D eigenvalue weighted by atomic mass is 16.5. The number of aromatic nitrogens is 1. The molecule has 3 rings (SSSR count). The van der Waals surface area contributed by atoms with Crippen molar-refractivity contribution in [1.82, 2.24) is 4.98 Å². The van der Waals surface area contributed by atoms with E-state index in [-0.39, 0.29) is 0 Å². The van der Waals surface area contributed by atoms with Gasteiger partial charge in [-0.15, -0.1) is 0 Å². The van der Waals surface area contributed by atoms with Gasteiger partial charge < -0.3 is 15.2 Å². The Balaban J connectivity index is 2.28. The van der Waals surface area contributed by atoms with Crippen LogP contribution in [0.3, 0.4) is 0 Å². The van der Waals surface area contributed by atoms with Gasteiger partial charge in [-0.1, -0.05) is 12.1 Å². The standard InChI is InChI=1S/C17H16N2O2/c1-20-15-4-3-5-16(21-2)17(15)11-6-7-14-12(10-11)13(18)8-9-19-14/h3-10H,1-2H3,(H2,18,19). The Labute approximate surface area is 123 Å². The van der Waals surface area contributed by atoms with Crippen molar-refractivity contribution >= 4 is 16.6 Å². The van der Waals surface area contributed by atoms with E-state index in [1.54, 1.807) is 26.5 Å². The molecule has 2 aromatic carbocycles. The van der Waals surface area contributed by atoms with Gasteiger partial charge in [0.25, 0.3) is 0 Å². The maximum absolute atomic E-state index is 6.04. The van der Waals surface area contributed by atoms with Gasteiger partial charge in [-0.3, -0.25) is 4.98 Å². The zero-order valence-electron chi connectivity index (χ0n) is 12.0. The molecule has 106 valence electrons. The molecule has 1 heterocycles. The zero-order valence-corrected chi connectivity index (χ0v) is 12.0. The van der Waals surface area contributed by atoms with E-state index in [1.807, 2.05) is 36.4 Å². The summed E-state index contributed by atoms with van der Waals surface area (Å²) in [5.74, 6) is 1.52. The highest BCUT2D eigenvalue weighted by Crippen LogP contribution is 2.39. The maximum Gasteiger partial charge on any atom is 0.130 e. The van der Waals surface area contributed by atoms with Crippen LogP contribution >= 0.6 is 0 Å². The SMILES string of the molecule is COc1cccc(OC)c1-c1ccc2nccc(N)c2c1. The molecule has 0 spiro atoms. The van der Waals surface area contributed by atoms with E-state index in [9.17, 15) is 0 Å². The van der Waals surface area contributed by atoms with Gasteiger partial charge >= 0.3 is 0 Å². The van der Waals surface area contributed by atoms with E-state index in [0.717, 1.165) is 33.5 Å². The smallest absolute Gasteiger partial charge is 0.130 e. The third-order valence-electron chi connectivity index (χ3n) is 3.49. The lowest BCUT2D eigenvalue weighted by atomic mass is 10.0. The number of methoxy groups -OCH3 is 2. The second-order valence-electron chi connectivity index (χ2n) is 4.67. The molecule has 0 saturated carbocycles. The van der Waals surface area contributed by atoms with Crippen molar-refractivity contribution in [2.45, 2.75) is 0 Å². The fourth-order valence-corrected chi connectivity index (χ4v) is 2.46. The van der Waals surface area contributed by atoms with Crippen LogP contribution in [0.2, 0.25) is 0 Å². The number of hydrogen-bond acceptors (Lipinski definition) is 4. The summed E-state index contributed by atoms with van der Waals surface area (Å²) in [6.45, 7) is 0. The zero-order chi connectivity index (χ0) is 14.8. The Morgan fingerprint density at radius 1 is 0.952 bits per heavy atom. The largest absolute Gasteiger partial charge is 0.496 e. The molecule has 3 aromatic rings. The molecule has 4 nitrogen and oxygen atoms in total. The van der Waals surface area contributed by atoms with Crippen molar-refractivity contribution in [3.05, 3.63) is 48.7 Å². The number of hydrogen-bond donors (Lipinski definition) is 1. The summed E-state index contributed by atoms with van der Waals surface area (Å²) < 4.78 is 10.9. The van der Waals surface area contributed by atoms with Crippen molar-refractivity contribution < 1.29 is 9.47 Å². The molecule has 0 radical (unpaired) electrons. The van der Waals surface area contributed by atoms with Crippen LogP contribution < -0.4 is 15.2 Å². The Morgan fingerprint density at radius 2 is 1.67 bits per heavy atom. The van der Waals surface area contributed by atoms with Crippen molar-refractivity contribution in [1.29, 1.82) is 0 Å². The quantitative estimate of drug-likeness (QED) is 0.797. The predicted molar refractivity (Wildman–Crippen MR) is 84.7 cm³/mol. The molecule has 0 bridgehead atoms. The van der Waals surface area contributed by atoms with Crippen LogP contribution in [0.15, 0.2) is 48.7 Å². The Kier molecular flexibility index (Phi) is 3.36. The van der Waals surface area contributed by atoms with E-state index in [1.165, 1.54) is 0 Å². The van der Waals surface area contributed by atoms with Crippen LogP contribution in [-0.2, 0) is 0 Å². The van der Waals surface area contributed by atoms with Gasteiger partial charge in [-0.25, -0.2) is 0 Å². The third kappa shape index (κ3) is 2.25. The molecule has 4 heteroatoms. The number of nitrogens with two attached hydrogens (primary N) is 1. The molecule has 2 N–H and O–H groups in total.